The van der Waals surface area contributed by atoms with Crippen LogP contribution < -0.4 is 5.32 Å². The van der Waals surface area contributed by atoms with Gasteiger partial charge in [0, 0.05) is 19.2 Å². The summed E-state index contributed by atoms with van der Waals surface area (Å²) in [5.74, 6) is 0. The Bertz CT molecular complexity index is 308. The fourth-order valence-electron chi connectivity index (χ4n) is 1.83. The van der Waals surface area contributed by atoms with Crippen molar-refractivity contribution in [3.8, 4) is 0 Å². The van der Waals surface area contributed by atoms with E-state index < -0.39 is 0 Å². The lowest BCUT2D eigenvalue weighted by Crippen LogP contribution is -2.28. The number of rotatable bonds is 4. The highest BCUT2D eigenvalue weighted by Crippen LogP contribution is 2.10. The molecular weight excluding hydrogens is 190 g/mol. The van der Waals surface area contributed by atoms with E-state index in [1.165, 1.54) is 5.56 Å². The van der Waals surface area contributed by atoms with Crippen LogP contribution >= 0.6 is 0 Å². The molecule has 1 heterocycles. The van der Waals surface area contributed by atoms with Crippen molar-refractivity contribution < 1.29 is 9.84 Å². The minimum Gasteiger partial charge on any atom is -0.392 e. The lowest BCUT2D eigenvalue weighted by Gasteiger charge is -2.12. The Morgan fingerprint density at radius 3 is 2.80 bits per heavy atom. The van der Waals surface area contributed by atoms with Gasteiger partial charge in [-0.2, -0.15) is 0 Å². The second-order valence-corrected chi connectivity index (χ2v) is 3.87. The molecule has 1 fully saturated rings. The van der Waals surface area contributed by atoms with Gasteiger partial charge < -0.3 is 15.2 Å². The number of aliphatic hydroxyl groups excluding tert-OH is 1. The maximum atomic E-state index is 9.16. The number of hydrogen-bond acceptors (Lipinski definition) is 3. The summed E-state index contributed by atoms with van der Waals surface area (Å²) in [5.41, 5.74) is 2.18. The van der Waals surface area contributed by atoms with Crippen molar-refractivity contribution in [1.29, 1.82) is 0 Å². The van der Waals surface area contributed by atoms with Gasteiger partial charge in [-0.25, -0.2) is 0 Å². The minimum absolute atomic E-state index is 0.110. The van der Waals surface area contributed by atoms with E-state index in [2.05, 4.69) is 5.32 Å². The summed E-state index contributed by atoms with van der Waals surface area (Å²) in [5, 5.41) is 12.6. The van der Waals surface area contributed by atoms with Gasteiger partial charge >= 0.3 is 0 Å². The van der Waals surface area contributed by atoms with Crippen LogP contribution in [0.4, 0.5) is 0 Å². The van der Waals surface area contributed by atoms with Crippen molar-refractivity contribution in [2.24, 2.45) is 0 Å². The van der Waals surface area contributed by atoms with Crippen molar-refractivity contribution in [3.63, 3.8) is 0 Å². The summed E-state index contributed by atoms with van der Waals surface area (Å²) in [6.45, 7) is 2.59. The zero-order valence-electron chi connectivity index (χ0n) is 8.78. The minimum atomic E-state index is 0.110. The Hall–Kier alpha value is -0.900. The van der Waals surface area contributed by atoms with E-state index in [-0.39, 0.29) is 6.61 Å². The van der Waals surface area contributed by atoms with E-state index in [4.69, 9.17) is 9.84 Å². The number of hydrogen-bond donors (Lipinski definition) is 2. The predicted molar refractivity (Wildman–Crippen MR) is 58.4 cm³/mol. The van der Waals surface area contributed by atoms with Gasteiger partial charge in [0.15, 0.2) is 0 Å². The standard InChI is InChI=1S/C12H17NO2/c14-8-11-4-2-1-3-10(11)7-13-12-5-6-15-9-12/h1-4,12-14H,5-9H2. The topological polar surface area (TPSA) is 41.5 Å². The fourth-order valence-corrected chi connectivity index (χ4v) is 1.83. The highest BCUT2D eigenvalue weighted by molar-refractivity contribution is 5.26. The molecule has 1 aromatic rings. The van der Waals surface area contributed by atoms with Crippen LogP contribution in [0.25, 0.3) is 0 Å². The molecule has 2 N–H and O–H groups in total. The largest absolute Gasteiger partial charge is 0.392 e. The Balaban J connectivity index is 1.91. The predicted octanol–water partition coefficient (Wildman–Crippen LogP) is 1.06. The van der Waals surface area contributed by atoms with Crippen LogP contribution in [0, 0.1) is 0 Å². The average Bonchev–Trinajstić information content (AvgIpc) is 2.79. The van der Waals surface area contributed by atoms with Gasteiger partial charge in [0.1, 0.15) is 0 Å². The number of aliphatic hydroxyl groups is 1. The van der Waals surface area contributed by atoms with Crippen molar-refractivity contribution in [2.75, 3.05) is 13.2 Å². The van der Waals surface area contributed by atoms with Crippen LogP contribution in [0.15, 0.2) is 24.3 Å². The summed E-state index contributed by atoms with van der Waals surface area (Å²) < 4.78 is 5.29. The average molecular weight is 207 g/mol. The normalized spacial score (nSPS) is 20.7. The molecule has 3 nitrogen and oxygen atoms in total. The highest BCUT2D eigenvalue weighted by atomic mass is 16.5. The van der Waals surface area contributed by atoms with Crippen LogP contribution in [0.2, 0.25) is 0 Å². The van der Waals surface area contributed by atoms with Crippen LogP contribution in [-0.2, 0) is 17.9 Å². The Morgan fingerprint density at radius 1 is 1.33 bits per heavy atom. The zero-order chi connectivity index (χ0) is 10.5. The monoisotopic (exact) mass is 207 g/mol. The summed E-state index contributed by atoms with van der Waals surface area (Å²) >= 11 is 0. The number of nitrogens with one attached hydrogen (secondary N) is 1. The third kappa shape index (κ3) is 2.78. The van der Waals surface area contributed by atoms with Crippen LogP contribution in [0.5, 0.6) is 0 Å². The lowest BCUT2D eigenvalue weighted by molar-refractivity contribution is 0.189. The first-order valence-corrected chi connectivity index (χ1v) is 5.39. The SMILES string of the molecule is OCc1ccccc1CNC1CCOC1. The van der Waals surface area contributed by atoms with Gasteiger partial charge in [-0.05, 0) is 17.5 Å². The Labute approximate surface area is 90.1 Å². The van der Waals surface area contributed by atoms with Crippen molar-refractivity contribution in [1.82, 2.24) is 5.32 Å². The molecule has 0 radical (unpaired) electrons. The molecule has 0 bridgehead atoms. The van der Waals surface area contributed by atoms with E-state index in [1.807, 2.05) is 24.3 Å². The molecule has 0 amide bonds. The molecule has 0 aromatic heterocycles. The molecule has 1 aliphatic heterocycles. The molecule has 3 heteroatoms. The molecule has 82 valence electrons. The number of ether oxygens (including phenoxy) is 1. The second-order valence-electron chi connectivity index (χ2n) is 3.87. The quantitative estimate of drug-likeness (QED) is 0.775. The maximum absolute atomic E-state index is 9.16. The van der Waals surface area contributed by atoms with E-state index in [1.54, 1.807) is 0 Å². The van der Waals surface area contributed by atoms with Crippen LogP contribution in [0.3, 0.4) is 0 Å². The number of benzene rings is 1. The van der Waals surface area contributed by atoms with E-state index in [0.29, 0.717) is 6.04 Å². The smallest absolute Gasteiger partial charge is 0.0685 e. The molecule has 0 aliphatic carbocycles. The van der Waals surface area contributed by atoms with Gasteiger partial charge in [0.2, 0.25) is 0 Å². The van der Waals surface area contributed by atoms with Crippen LogP contribution in [-0.4, -0.2) is 24.4 Å². The molecule has 0 spiro atoms. The van der Waals surface area contributed by atoms with Crippen molar-refractivity contribution >= 4 is 0 Å². The second kappa shape index (κ2) is 5.26. The van der Waals surface area contributed by atoms with Crippen LogP contribution in [0.1, 0.15) is 17.5 Å². The molecule has 15 heavy (non-hydrogen) atoms. The van der Waals surface area contributed by atoms with E-state index in [0.717, 1.165) is 31.7 Å². The van der Waals surface area contributed by atoms with Gasteiger partial charge in [0.25, 0.3) is 0 Å². The highest BCUT2D eigenvalue weighted by Gasteiger charge is 2.14. The summed E-state index contributed by atoms with van der Waals surface area (Å²) in [7, 11) is 0. The lowest BCUT2D eigenvalue weighted by atomic mass is 10.1. The molecule has 2 rings (SSSR count). The van der Waals surface area contributed by atoms with Crippen molar-refractivity contribution in [2.45, 2.75) is 25.6 Å². The zero-order valence-corrected chi connectivity index (χ0v) is 8.78. The van der Waals surface area contributed by atoms with Gasteiger partial charge in [0.05, 0.1) is 13.2 Å². The molecule has 1 unspecified atom stereocenters. The van der Waals surface area contributed by atoms with Gasteiger partial charge in [-0.3, -0.25) is 0 Å². The third-order valence-corrected chi connectivity index (χ3v) is 2.80. The maximum Gasteiger partial charge on any atom is 0.0685 e. The molecule has 1 aromatic carbocycles. The molecule has 0 saturated carbocycles. The Morgan fingerprint density at radius 2 is 2.13 bits per heavy atom. The molecule has 1 atom stereocenters. The van der Waals surface area contributed by atoms with E-state index >= 15 is 0 Å². The molecule has 1 aliphatic rings. The van der Waals surface area contributed by atoms with E-state index in [9.17, 15) is 0 Å². The first-order chi connectivity index (χ1) is 7.40. The molecule has 1 saturated heterocycles. The van der Waals surface area contributed by atoms with Crippen molar-refractivity contribution in [3.05, 3.63) is 35.4 Å². The molecular formula is C12H17NO2. The van der Waals surface area contributed by atoms with Gasteiger partial charge in [-0.1, -0.05) is 24.3 Å². The summed E-state index contributed by atoms with van der Waals surface area (Å²) in [6, 6.07) is 8.43. The summed E-state index contributed by atoms with van der Waals surface area (Å²) in [6.07, 6.45) is 1.08. The summed E-state index contributed by atoms with van der Waals surface area (Å²) in [4.78, 5) is 0. The first-order valence-electron chi connectivity index (χ1n) is 5.39. The first kappa shape index (κ1) is 10.6. The Kier molecular flexibility index (Phi) is 3.72. The third-order valence-electron chi connectivity index (χ3n) is 2.80. The van der Waals surface area contributed by atoms with Gasteiger partial charge in [-0.15, -0.1) is 0 Å². The fraction of sp³-hybridized carbons (Fsp3) is 0.500.